The smallest absolute Gasteiger partial charge is 0.377 e. The molecule has 0 bridgehead atoms. The highest BCUT2D eigenvalue weighted by atomic mass is 32.2. The van der Waals surface area contributed by atoms with Gasteiger partial charge in [-0.15, -0.1) is 11.3 Å². The van der Waals surface area contributed by atoms with Crippen molar-refractivity contribution in [3.05, 3.63) is 98.2 Å². The number of hydrogen-bond donors (Lipinski definition) is 0. The van der Waals surface area contributed by atoms with E-state index < -0.39 is 0 Å². The molecule has 0 radical (unpaired) electrons. The van der Waals surface area contributed by atoms with Crippen molar-refractivity contribution in [2.24, 2.45) is 0 Å². The summed E-state index contributed by atoms with van der Waals surface area (Å²) in [6.45, 7) is 5.49. The first-order valence-corrected chi connectivity index (χ1v) is 13.7. The van der Waals surface area contributed by atoms with Crippen LogP contribution in [-0.4, -0.2) is 11.6 Å². The van der Waals surface area contributed by atoms with Crippen molar-refractivity contribution in [2.75, 3.05) is 11.9 Å². The molecule has 36 heavy (non-hydrogen) atoms. The summed E-state index contributed by atoms with van der Waals surface area (Å²) < 4.78 is 12.0. The topological polar surface area (TPSA) is 42.3 Å². The molecule has 2 aromatic heterocycles. The Balaban J connectivity index is 1.52. The van der Waals surface area contributed by atoms with E-state index in [0.717, 1.165) is 49.0 Å². The van der Waals surface area contributed by atoms with Crippen LogP contribution in [0, 0.1) is 0 Å². The summed E-state index contributed by atoms with van der Waals surface area (Å²) in [4.78, 5) is 16.8. The third-order valence-electron chi connectivity index (χ3n) is 6.56. The molecule has 3 heterocycles. The molecule has 0 atom stereocenters. The number of aromatic nitrogens is 2. The Kier molecular flexibility index (Phi) is 5.82. The Morgan fingerprint density at radius 1 is 0.972 bits per heavy atom. The van der Waals surface area contributed by atoms with E-state index in [-0.39, 0.29) is 5.56 Å². The van der Waals surface area contributed by atoms with E-state index in [0.29, 0.717) is 6.54 Å². The monoisotopic (exact) mass is 512 g/mol. The number of rotatable bonds is 4. The second kappa shape index (κ2) is 9.15. The summed E-state index contributed by atoms with van der Waals surface area (Å²) in [6, 6.07) is 24.9. The van der Waals surface area contributed by atoms with Gasteiger partial charge in [0.15, 0.2) is 0 Å². The number of thiazole rings is 1. The van der Waals surface area contributed by atoms with Gasteiger partial charge in [-0.2, -0.15) is 4.57 Å². The van der Waals surface area contributed by atoms with Gasteiger partial charge in [0.25, 0.3) is 11.1 Å². The molecule has 0 unspecified atom stereocenters. The third-order valence-corrected chi connectivity index (χ3v) is 9.05. The molecule has 6 rings (SSSR count). The number of thioether (sulfide) groups is 1. The van der Waals surface area contributed by atoms with Crippen LogP contribution < -0.4 is 24.2 Å². The molecule has 1 aliphatic heterocycles. The number of benzene rings is 3. The Labute approximate surface area is 217 Å². The van der Waals surface area contributed by atoms with Gasteiger partial charge in [-0.3, -0.25) is 9.36 Å². The molecule has 0 saturated carbocycles. The van der Waals surface area contributed by atoms with Crippen LogP contribution >= 0.6 is 23.1 Å². The predicted molar refractivity (Wildman–Crippen MR) is 149 cm³/mol. The molecule has 5 nitrogen and oxygen atoms in total. The van der Waals surface area contributed by atoms with Crippen LogP contribution in [0.5, 0.6) is 0 Å². The first-order valence-electron chi connectivity index (χ1n) is 12.1. The van der Waals surface area contributed by atoms with Gasteiger partial charge in [-0.05, 0) is 43.2 Å². The molecule has 0 spiro atoms. The highest BCUT2D eigenvalue weighted by Crippen LogP contribution is 2.44. The summed E-state index contributed by atoms with van der Waals surface area (Å²) in [6.07, 6.45) is 2.01. The van der Waals surface area contributed by atoms with E-state index in [2.05, 4.69) is 64.9 Å². The molecule has 180 valence electrons. The second-order valence-corrected chi connectivity index (χ2v) is 10.7. The lowest BCUT2D eigenvalue weighted by Gasteiger charge is -2.11. The lowest BCUT2D eigenvalue weighted by atomic mass is 10.1. The van der Waals surface area contributed by atoms with Gasteiger partial charge >= 0.3 is 5.89 Å². The normalized spacial score (nSPS) is 15.2. The van der Waals surface area contributed by atoms with Gasteiger partial charge < -0.3 is 9.32 Å². The minimum absolute atomic E-state index is 0.0430. The van der Waals surface area contributed by atoms with E-state index in [4.69, 9.17) is 4.42 Å². The zero-order chi connectivity index (χ0) is 24.8. The quantitative estimate of drug-likeness (QED) is 0.325. The predicted octanol–water partition coefficient (Wildman–Crippen LogP) is 4.79. The first-order chi connectivity index (χ1) is 17.6. The van der Waals surface area contributed by atoms with Crippen LogP contribution in [0.4, 0.5) is 5.69 Å². The Hall–Kier alpha value is -3.55. The third kappa shape index (κ3) is 3.70. The number of hydrogen-bond acceptors (Lipinski definition) is 5. The average molecular weight is 513 g/mol. The number of aryl methyl sites for hydroxylation is 1. The Bertz CT molecular complexity index is 1780. The van der Waals surface area contributed by atoms with Crippen LogP contribution in [0.1, 0.15) is 19.7 Å². The fraction of sp³-hybridized carbons (Fsp3) is 0.172. The van der Waals surface area contributed by atoms with Crippen LogP contribution in [0.25, 0.3) is 33.3 Å². The van der Waals surface area contributed by atoms with Crippen molar-refractivity contribution < 1.29 is 8.98 Å². The average Bonchev–Trinajstić information content (AvgIpc) is 3.54. The molecular weight excluding hydrogens is 486 g/mol. The summed E-state index contributed by atoms with van der Waals surface area (Å²) in [5.41, 5.74) is 5.38. The summed E-state index contributed by atoms with van der Waals surface area (Å²) in [7, 11) is 2.03. The van der Waals surface area contributed by atoms with Gasteiger partial charge in [0, 0.05) is 24.6 Å². The van der Waals surface area contributed by atoms with Crippen molar-refractivity contribution in [2.45, 2.75) is 31.8 Å². The maximum absolute atomic E-state index is 13.5. The Morgan fingerprint density at radius 2 is 1.75 bits per heavy atom. The second-order valence-electron chi connectivity index (χ2n) is 8.63. The largest absolute Gasteiger partial charge is 0.398 e. The molecule has 3 aromatic carbocycles. The Morgan fingerprint density at radius 3 is 2.50 bits per heavy atom. The van der Waals surface area contributed by atoms with E-state index in [1.54, 1.807) is 11.8 Å². The molecule has 0 amide bonds. The molecule has 0 N–H and O–H groups in total. The molecule has 1 aliphatic rings. The number of nitrogens with zero attached hydrogens (tertiary/aromatic N) is 3. The fourth-order valence-corrected chi connectivity index (χ4v) is 7.16. The van der Waals surface area contributed by atoms with Crippen LogP contribution in [-0.2, 0) is 13.1 Å². The number of fused-ring (bicyclic) bond motifs is 2. The van der Waals surface area contributed by atoms with E-state index >= 15 is 0 Å². The minimum atomic E-state index is 0.0430. The van der Waals surface area contributed by atoms with Crippen molar-refractivity contribution in [1.29, 1.82) is 0 Å². The van der Waals surface area contributed by atoms with Crippen molar-refractivity contribution in [1.82, 2.24) is 4.57 Å². The maximum Gasteiger partial charge on any atom is 0.377 e. The number of oxazole rings is 1. The standard InChI is InChI=1S/C29H26N3O2S2/c1-4-31-22-17-20(19-11-7-6-8-12-19)15-16-23(22)34-25(31)18-26-32(5-2)28(33)27(36-26)29-30(3)21-13-9-10-14-24(21)35-29/h6-18H,4-5H2,1-3H3/q+1/b29-27-. The minimum Gasteiger partial charge on any atom is -0.398 e. The number of anilines is 1. The van der Waals surface area contributed by atoms with Gasteiger partial charge in [0.2, 0.25) is 5.58 Å². The van der Waals surface area contributed by atoms with Gasteiger partial charge in [0.1, 0.15) is 20.8 Å². The SMILES string of the molecule is CCn1c(=O)/c(=C2/Sc3ccccc3N2C)s/c1=C/c1oc2ccc(-c3ccccc3)cc2[n+]1CC. The lowest BCUT2D eigenvalue weighted by Crippen LogP contribution is -2.36. The van der Waals surface area contributed by atoms with Gasteiger partial charge in [-0.25, -0.2) is 0 Å². The summed E-state index contributed by atoms with van der Waals surface area (Å²) in [5, 5.41) is 0.980. The molecular formula is C29H26N3O2S2+. The first kappa shape index (κ1) is 22.9. The molecule has 0 saturated heterocycles. The fourth-order valence-electron chi connectivity index (χ4n) is 4.72. The summed E-state index contributed by atoms with van der Waals surface area (Å²) >= 11 is 3.19. The van der Waals surface area contributed by atoms with Crippen LogP contribution in [0.2, 0.25) is 0 Å². The zero-order valence-electron chi connectivity index (χ0n) is 20.4. The lowest BCUT2D eigenvalue weighted by molar-refractivity contribution is -0.674. The number of para-hydroxylation sites is 1. The van der Waals surface area contributed by atoms with Crippen LogP contribution in [0.3, 0.4) is 0 Å². The van der Waals surface area contributed by atoms with E-state index in [1.807, 2.05) is 48.9 Å². The van der Waals surface area contributed by atoms with Crippen molar-refractivity contribution >= 4 is 51.0 Å². The molecule has 7 heteroatoms. The molecule has 5 aromatic rings. The zero-order valence-corrected chi connectivity index (χ0v) is 22.0. The maximum atomic E-state index is 13.5. The molecule has 0 aliphatic carbocycles. The van der Waals surface area contributed by atoms with Gasteiger partial charge in [0.05, 0.1) is 11.8 Å². The van der Waals surface area contributed by atoms with E-state index in [1.165, 1.54) is 21.8 Å². The van der Waals surface area contributed by atoms with Crippen molar-refractivity contribution in [3.63, 3.8) is 0 Å². The van der Waals surface area contributed by atoms with Crippen LogP contribution in [0.15, 0.2) is 86.9 Å². The van der Waals surface area contributed by atoms with Gasteiger partial charge in [-0.1, -0.05) is 60.3 Å². The van der Waals surface area contributed by atoms with E-state index in [9.17, 15) is 4.79 Å². The molecule has 0 fully saturated rings. The van der Waals surface area contributed by atoms with Crippen molar-refractivity contribution in [3.8, 4) is 11.1 Å². The highest BCUT2D eigenvalue weighted by Gasteiger charge is 2.25. The highest BCUT2D eigenvalue weighted by molar-refractivity contribution is 8.08. The summed E-state index contributed by atoms with van der Waals surface area (Å²) in [5.74, 6) is 0.744.